The second kappa shape index (κ2) is 4.71. The van der Waals surface area contributed by atoms with Gasteiger partial charge in [0.2, 0.25) is 0 Å². The number of allylic oxidation sites excluding steroid dienone is 1. The lowest BCUT2D eigenvalue weighted by Crippen LogP contribution is -2.55. The first-order valence-corrected chi connectivity index (χ1v) is 9.66. The highest BCUT2D eigenvalue weighted by Crippen LogP contribution is 2.68. The van der Waals surface area contributed by atoms with Gasteiger partial charge in [-0.2, -0.15) is 0 Å². The predicted molar refractivity (Wildman–Crippen MR) is 91.9 cm³/mol. The van der Waals surface area contributed by atoms with Crippen LogP contribution in [0.1, 0.15) is 72.6 Å². The molecule has 2 heteroatoms. The lowest BCUT2D eigenvalue weighted by atomic mass is 9.44. The Bertz CT molecular complexity index is 574. The number of rotatable bonds is 0. The van der Waals surface area contributed by atoms with Gasteiger partial charge in [-0.3, -0.25) is 4.79 Å². The Morgan fingerprint density at radius 3 is 2.52 bits per heavy atom. The predicted octanol–water partition coefficient (Wildman–Crippen LogP) is 4.52. The molecule has 128 valence electrons. The third kappa shape index (κ3) is 1.88. The van der Waals surface area contributed by atoms with Crippen LogP contribution in [0.5, 0.6) is 0 Å². The summed E-state index contributed by atoms with van der Waals surface area (Å²) in [4.78, 5) is 12.0. The number of carbonyl (C=O) groups is 1. The molecule has 1 N–H and O–H groups in total. The molecule has 2 unspecified atom stereocenters. The normalized spacial score (nSPS) is 55.7. The number of aliphatic hydroxyl groups is 1. The first kappa shape index (κ1) is 15.9. The van der Waals surface area contributed by atoms with Gasteiger partial charge in [0.1, 0.15) is 0 Å². The molecule has 0 amide bonds. The van der Waals surface area contributed by atoms with Crippen molar-refractivity contribution in [2.45, 2.75) is 78.2 Å². The molecule has 23 heavy (non-hydrogen) atoms. The van der Waals surface area contributed by atoms with Gasteiger partial charge in [0.05, 0.1) is 5.60 Å². The second-order valence-electron chi connectivity index (χ2n) is 9.71. The molecule has 0 aromatic rings. The van der Waals surface area contributed by atoms with E-state index in [1.165, 1.54) is 24.8 Å². The van der Waals surface area contributed by atoms with Crippen LogP contribution in [0.25, 0.3) is 0 Å². The van der Waals surface area contributed by atoms with Crippen molar-refractivity contribution >= 4 is 5.78 Å². The van der Waals surface area contributed by atoms with Gasteiger partial charge in [-0.05, 0) is 86.0 Å². The Hall–Kier alpha value is -0.630. The van der Waals surface area contributed by atoms with Crippen molar-refractivity contribution in [3.8, 4) is 0 Å². The van der Waals surface area contributed by atoms with Crippen LogP contribution in [0.15, 0.2) is 11.6 Å². The highest BCUT2D eigenvalue weighted by Gasteiger charge is 2.63. The van der Waals surface area contributed by atoms with E-state index in [9.17, 15) is 9.90 Å². The van der Waals surface area contributed by atoms with Crippen molar-refractivity contribution < 1.29 is 9.90 Å². The minimum Gasteiger partial charge on any atom is -0.390 e. The first-order chi connectivity index (χ1) is 10.7. The molecular weight excluding hydrogens is 284 g/mol. The van der Waals surface area contributed by atoms with Gasteiger partial charge >= 0.3 is 0 Å². The van der Waals surface area contributed by atoms with Crippen LogP contribution >= 0.6 is 0 Å². The Labute approximate surface area is 140 Å². The van der Waals surface area contributed by atoms with Crippen LogP contribution in [-0.4, -0.2) is 16.5 Å². The summed E-state index contributed by atoms with van der Waals surface area (Å²) in [5.41, 5.74) is 1.26. The molecule has 3 saturated carbocycles. The maximum atomic E-state index is 12.0. The van der Waals surface area contributed by atoms with E-state index in [1.54, 1.807) is 0 Å². The third-order valence-electron chi connectivity index (χ3n) is 9.07. The van der Waals surface area contributed by atoms with E-state index in [0.29, 0.717) is 23.5 Å². The summed E-state index contributed by atoms with van der Waals surface area (Å²) >= 11 is 0. The first-order valence-electron chi connectivity index (χ1n) is 9.66. The second-order valence-corrected chi connectivity index (χ2v) is 9.71. The van der Waals surface area contributed by atoms with Crippen LogP contribution in [-0.2, 0) is 4.79 Å². The summed E-state index contributed by atoms with van der Waals surface area (Å²) in [6.07, 6.45) is 9.57. The number of ketones is 1. The fourth-order valence-electron chi connectivity index (χ4n) is 7.18. The van der Waals surface area contributed by atoms with E-state index in [-0.39, 0.29) is 10.8 Å². The van der Waals surface area contributed by atoms with Crippen molar-refractivity contribution in [2.75, 3.05) is 0 Å². The summed E-state index contributed by atoms with van der Waals surface area (Å²) in [6.45, 7) is 9.17. The van der Waals surface area contributed by atoms with Gasteiger partial charge in [0.15, 0.2) is 5.78 Å². The smallest absolute Gasteiger partial charge is 0.155 e. The Morgan fingerprint density at radius 2 is 1.78 bits per heavy atom. The van der Waals surface area contributed by atoms with E-state index >= 15 is 0 Å². The summed E-state index contributed by atoms with van der Waals surface area (Å²) < 4.78 is 0. The number of fused-ring (bicyclic) bond motifs is 5. The van der Waals surface area contributed by atoms with Gasteiger partial charge in [-0.25, -0.2) is 0 Å². The quantitative estimate of drug-likeness (QED) is 0.713. The molecule has 0 aromatic carbocycles. The molecule has 0 radical (unpaired) electrons. The molecule has 4 rings (SSSR count). The van der Waals surface area contributed by atoms with Crippen LogP contribution in [0, 0.1) is 34.5 Å². The van der Waals surface area contributed by atoms with Gasteiger partial charge < -0.3 is 5.11 Å². The van der Waals surface area contributed by atoms with Crippen LogP contribution in [0.3, 0.4) is 0 Å². The van der Waals surface area contributed by atoms with Gasteiger partial charge in [0, 0.05) is 6.42 Å². The molecule has 0 aliphatic heterocycles. The Balaban J connectivity index is 1.73. The van der Waals surface area contributed by atoms with Crippen molar-refractivity contribution in [1.29, 1.82) is 0 Å². The molecule has 0 aromatic heterocycles. The largest absolute Gasteiger partial charge is 0.390 e. The summed E-state index contributed by atoms with van der Waals surface area (Å²) in [5, 5.41) is 11.0. The van der Waals surface area contributed by atoms with Gasteiger partial charge in [-0.1, -0.05) is 26.3 Å². The maximum Gasteiger partial charge on any atom is 0.155 e. The molecule has 0 heterocycles. The third-order valence-corrected chi connectivity index (χ3v) is 9.07. The zero-order valence-corrected chi connectivity index (χ0v) is 15.2. The SMILES string of the molecule is CC1CC(=O)C=C2CC[C@@H]3[C@@H](CC[C@@]4(C)[C@H]3CCC4(C)O)[C@]21C. The molecule has 0 bridgehead atoms. The van der Waals surface area contributed by atoms with E-state index < -0.39 is 5.60 Å². The van der Waals surface area contributed by atoms with Crippen LogP contribution in [0.2, 0.25) is 0 Å². The summed E-state index contributed by atoms with van der Waals surface area (Å²) in [6, 6.07) is 0. The highest BCUT2D eigenvalue weighted by atomic mass is 16.3. The average molecular weight is 316 g/mol. The van der Waals surface area contributed by atoms with Crippen LogP contribution in [0.4, 0.5) is 0 Å². The van der Waals surface area contributed by atoms with Crippen molar-refractivity contribution in [3.05, 3.63) is 11.6 Å². The molecule has 4 aliphatic carbocycles. The van der Waals surface area contributed by atoms with E-state index in [0.717, 1.165) is 31.6 Å². The lowest BCUT2D eigenvalue weighted by Gasteiger charge is -2.60. The van der Waals surface area contributed by atoms with Gasteiger partial charge in [0.25, 0.3) is 0 Å². The maximum absolute atomic E-state index is 12.0. The van der Waals surface area contributed by atoms with E-state index in [4.69, 9.17) is 0 Å². The summed E-state index contributed by atoms with van der Waals surface area (Å²) in [5.74, 6) is 2.92. The standard InChI is InChI=1S/C21H32O2/c1-13-11-15(22)12-14-5-6-16-17-8-10-20(3,23)19(17,2)9-7-18(16)21(13,14)4/h12-13,16-18,23H,5-11H2,1-4H3/t13?,16-,17-,18+,19-,20?,21-/m0/s1. The van der Waals surface area contributed by atoms with E-state index in [2.05, 4.69) is 27.7 Å². The Morgan fingerprint density at radius 1 is 1.09 bits per heavy atom. The zero-order chi connectivity index (χ0) is 16.6. The number of hydrogen-bond donors (Lipinski definition) is 1. The molecule has 3 fully saturated rings. The topological polar surface area (TPSA) is 37.3 Å². The van der Waals surface area contributed by atoms with Crippen LogP contribution < -0.4 is 0 Å². The molecule has 0 saturated heterocycles. The zero-order valence-electron chi connectivity index (χ0n) is 15.2. The highest BCUT2D eigenvalue weighted by molar-refractivity contribution is 5.92. The molecule has 7 atom stereocenters. The number of hydrogen-bond acceptors (Lipinski definition) is 2. The van der Waals surface area contributed by atoms with Crippen molar-refractivity contribution in [2.24, 2.45) is 34.5 Å². The minimum absolute atomic E-state index is 0.0967. The van der Waals surface area contributed by atoms with Gasteiger partial charge in [-0.15, -0.1) is 0 Å². The lowest BCUT2D eigenvalue weighted by molar-refractivity contribution is -0.130. The Kier molecular flexibility index (Phi) is 3.25. The fraction of sp³-hybridized carbons (Fsp3) is 0.857. The average Bonchev–Trinajstić information content (AvgIpc) is 2.71. The van der Waals surface area contributed by atoms with Crippen molar-refractivity contribution in [1.82, 2.24) is 0 Å². The molecule has 0 spiro atoms. The molecular formula is C21H32O2. The monoisotopic (exact) mass is 316 g/mol. The molecule has 2 nitrogen and oxygen atoms in total. The minimum atomic E-state index is -0.492. The van der Waals surface area contributed by atoms with Crippen molar-refractivity contribution in [3.63, 3.8) is 0 Å². The summed E-state index contributed by atoms with van der Waals surface area (Å²) in [7, 11) is 0. The molecule has 4 aliphatic rings. The van der Waals surface area contributed by atoms with E-state index in [1.807, 2.05) is 6.08 Å². The number of carbonyl (C=O) groups excluding carboxylic acids is 1. The fourth-order valence-corrected chi connectivity index (χ4v) is 7.18.